The van der Waals surface area contributed by atoms with E-state index in [1.165, 1.54) is 11.8 Å². The maximum absolute atomic E-state index is 13.7. The number of carbonyl (C=O) groups is 2. The molecular formula is C26H35N3O6S. The molecule has 0 aliphatic carbocycles. The average Bonchev–Trinajstić information content (AvgIpc) is 2.88. The molecule has 36 heavy (non-hydrogen) atoms. The minimum Gasteiger partial charge on any atom is -0.486 e. The van der Waals surface area contributed by atoms with Crippen LogP contribution in [0, 0.1) is 6.92 Å². The molecule has 0 saturated heterocycles. The van der Waals surface area contributed by atoms with Crippen LogP contribution < -0.4 is 19.1 Å². The maximum atomic E-state index is 13.7. The maximum Gasteiger partial charge on any atom is 0.244 e. The van der Waals surface area contributed by atoms with Gasteiger partial charge in [-0.25, -0.2) is 8.42 Å². The zero-order valence-electron chi connectivity index (χ0n) is 21.3. The summed E-state index contributed by atoms with van der Waals surface area (Å²) in [5.74, 6) is -0.0227. The summed E-state index contributed by atoms with van der Waals surface area (Å²) in [5, 5.41) is 2.83. The van der Waals surface area contributed by atoms with Gasteiger partial charge in [0.1, 0.15) is 25.8 Å². The number of anilines is 1. The molecule has 0 fully saturated rings. The van der Waals surface area contributed by atoms with E-state index in [2.05, 4.69) is 5.32 Å². The Bertz CT molecular complexity index is 1180. The number of amides is 2. The lowest BCUT2D eigenvalue weighted by atomic mass is 10.1. The summed E-state index contributed by atoms with van der Waals surface area (Å²) >= 11 is 0. The van der Waals surface area contributed by atoms with Crippen molar-refractivity contribution in [2.45, 2.75) is 46.7 Å². The van der Waals surface area contributed by atoms with Gasteiger partial charge in [0, 0.05) is 19.2 Å². The fourth-order valence-corrected chi connectivity index (χ4v) is 4.91. The predicted molar refractivity (Wildman–Crippen MR) is 139 cm³/mol. The van der Waals surface area contributed by atoms with Crippen molar-refractivity contribution in [1.29, 1.82) is 0 Å². The number of aryl methyl sites for hydroxylation is 1. The van der Waals surface area contributed by atoms with Gasteiger partial charge in [0.15, 0.2) is 11.5 Å². The molecule has 1 aliphatic heterocycles. The van der Waals surface area contributed by atoms with Crippen molar-refractivity contribution >= 4 is 27.5 Å². The van der Waals surface area contributed by atoms with E-state index < -0.39 is 28.5 Å². The molecule has 9 nitrogen and oxygen atoms in total. The average molecular weight is 518 g/mol. The van der Waals surface area contributed by atoms with Gasteiger partial charge < -0.3 is 19.7 Å². The molecule has 10 heteroatoms. The molecule has 1 atom stereocenters. The van der Waals surface area contributed by atoms with Crippen molar-refractivity contribution in [2.75, 3.05) is 36.4 Å². The number of rotatable bonds is 11. The molecule has 0 saturated carbocycles. The van der Waals surface area contributed by atoms with Crippen molar-refractivity contribution in [3.8, 4) is 11.5 Å². The molecular weight excluding hydrogens is 482 g/mol. The van der Waals surface area contributed by atoms with E-state index in [-0.39, 0.29) is 18.2 Å². The smallest absolute Gasteiger partial charge is 0.244 e. The van der Waals surface area contributed by atoms with Gasteiger partial charge in [-0.1, -0.05) is 31.2 Å². The van der Waals surface area contributed by atoms with Gasteiger partial charge in [-0.15, -0.1) is 0 Å². The van der Waals surface area contributed by atoms with Crippen LogP contribution in [0.4, 0.5) is 5.69 Å². The summed E-state index contributed by atoms with van der Waals surface area (Å²) in [5.41, 5.74) is 2.15. The van der Waals surface area contributed by atoms with Crippen LogP contribution in [0.1, 0.15) is 38.3 Å². The second-order valence-corrected chi connectivity index (χ2v) is 10.8. The van der Waals surface area contributed by atoms with Gasteiger partial charge in [0.05, 0.1) is 11.4 Å². The number of benzene rings is 2. The highest BCUT2D eigenvalue weighted by Crippen LogP contribution is 2.35. The normalized spacial score (nSPS) is 13.6. The molecule has 2 aromatic rings. The zero-order chi connectivity index (χ0) is 26.3. The number of sulfonamides is 1. The van der Waals surface area contributed by atoms with Crippen LogP contribution >= 0.6 is 0 Å². The zero-order valence-corrected chi connectivity index (χ0v) is 22.1. The molecule has 0 radical (unpaired) electrons. The van der Waals surface area contributed by atoms with E-state index in [9.17, 15) is 18.0 Å². The highest BCUT2D eigenvalue weighted by Gasteiger charge is 2.31. The van der Waals surface area contributed by atoms with Crippen molar-refractivity contribution in [3.63, 3.8) is 0 Å². The van der Waals surface area contributed by atoms with Crippen LogP contribution in [-0.2, 0) is 26.2 Å². The summed E-state index contributed by atoms with van der Waals surface area (Å²) in [7, 11) is -3.82. The number of ether oxygens (including phenoxy) is 2. The molecule has 0 bridgehead atoms. The molecule has 0 aromatic heterocycles. The Kier molecular flexibility index (Phi) is 9.19. The minimum atomic E-state index is -3.82. The summed E-state index contributed by atoms with van der Waals surface area (Å²) in [4.78, 5) is 28.0. The highest BCUT2D eigenvalue weighted by molar-refractivity contribution is 7.92. The van der Waals surface area contributed by atoms with Gasteiger partial charge in [-0.2, -0.15) is 0 Å². The Balaban J connectivity index is 1.94. The fourth-order valence-electron chi connectivity index (χ4n) is 3.86. The topological polar surface area (TPSA) is 105 Å². The molecule has 2 amide bonds. The van der Waals surface area contributed by atoms with Crippen LogP contribution in [0.2, 0.25) is 0 Å². The van der Waals surface area contributed by atoms with Crippen LogP contribution in [0.3, 0.4) is 0 Å². The van der Waals surface area contributed by atoms with Gasteiger partial charge in [-0.05, 0) is 50.5 Å². The monoisotopic (exact) mass is 517 g/mol. The summed E-state index contributed by atoms with van der Waals surface area (Å²) in [6, 6.07) is 11.6. The van der Waals surface area contributed by atoms with Crippen molar-refractivity contribution in [1.82, 2.24) is 10.2 Å². The van der Waals surface area contributed by atoms with E-state index in [0.29, 0.717) is 36.9 Å². The van der Waals surface area contributed by atoms with Crippen LogP contribution in [0.15, 0.2) is 42.5 Å². The number of carbonyl (C=O) groups excluding carboxylic acids is 2. The van der Waals surface area contributed by atoms with Crippen LogP contribution in [0.5, 0.6) is 11.5 Å². The minimum absolute atomic E-state index is 0.174. The SMILES string of the molecule is CCCNC(=O)C(C)N(Cc1ccccc1C)C(=O)CN(c1ccc2c(c1)OCCO2)S(=O)(=O)CC. The summed E-state index contributed by atoms with van der Waals surface area (Å²) < 4.78 is 38.4. The third-order valence-electron chi connectivity index (χ3n) is 6.11. The largest absolute Gasteiger partial charge is 0.486 e. The van der Waals surface area contributed by atoms with Gasteiger partial charge >= 0.3 is 0 Å². The Hall–Kier alpha value is -3.27. The molecule has 1 aliphatic rings. The number of nitrogens with zero attached hydrogens (tertiary/aromatic N) is 2. The van der Waals surface area contributed by atoms with Gasteiger partial charge in [0.2, 0.25) is 21.8 Å². The Labute approximate surface area is 213 Å². The molecule has 1 N–H and O–H groups in total. The van der Waals surface area contributed by atoms with E-state index in [1.54, 1.807) is 25.1 Å². The van der Waals surface area contributed by atoms with Crippen molar-refractivity contribution in [3.05, 3.63) is 53.6 Å². The van der Waals surface area contributed by atoms with Gasteiger partial charge in [-0.3, -0.25) is 13.9 Å². The lowest BCUT2D eigenvalue weighted by molar-refractivity contribution is -0.139. The van der Waals surface area contributed by atoms with Crippen LogP contribution in [0.25, 0.3) is 0 Å². The second kappa shape index (κ2) is 12.1. The highest BCUT2D eigenvalue weighted by atomic mass is 32.2. The first-order chi connectivity index (χ1) is 17.2. The third kappa shape index (κ3) is 6.48. The first kappa shape index (κ1) is 27.3. The Morgan fingerprint density at radius 1 is 1.06 bits per heavy atom. The Morgan fingerprint density at radius 3 is 2.42 bits per heavy atom. The third-order valence-corrected chi connectivity index (χ3v) is 7.85. The quantitative estimate of drug-likeness (QED) is 0.492. The number of hydrogen-bond donors (Lipinski definition) is 1. The second-order valence-electron chi connectivity index (χ2n) is 8.65. The van der Waals surface area contributed by atoms with Crippen LogP contribution in [-0.4, -0.2) is 63.2 Å². The molecule has 196 valence electrons. The summed E-state index contributed by atoms with van der Waals surface area (Å²) in [6.45, 7) is 8.03. The molecule has 0 spiro atoms. The molecule has 1 unspecified atom stereocenters. The van der Waals surface area contributed by atoms with Gasteiger partial charge in [0.25, 0.3) is 0 Å². The Morgan fingerprint density at radius 2 is 1.75 bits per heavy atom. The lowest BCUT2D eigenvalue weighted by Crippen LogP contribution is -2.51. The first-order valence-electron chi connectivity index (χ1n) is 12.2. The van der Waals surface area contributed by atoms with Crippen molar-refractivity contribution in [2.24, 2.45) is 0 Å². The predicted octanol–water partition coefficient (Wildman–Crippen LogP) is 2.87. The fraction of sp³-hybridized carbons (Fsp3) is 0.462. The molecule has 3 rings (SSSR count). The number of hydrogen-bond acceptors (Lipinski definition) is 6. The van der Waals surface area contributed by atoms with E-state index >= 15 is 0 Å². The van der Waals surface area contributed by atoms with E-state index in [0.717, 1.165) is 21.9 Å². The standard InChI is InChI=1S/C26H35N3O6S/c1-5-13-27-26(31)20(4)28(17-21-10-8-7-9-19(21)3)25(30)18-29(36(32,33)6-2)22-11-12-23-24(16-22)35-15-14-34-23/h7-12,16,20H,5-6,13-15,17-18H2,1-4H3,(H,27,31). The lowest BCUT2D eigenvalue weighted by Gasteiger charge is -2.32. The number of nitrogens with one attached hydrogen (secondary N) is 1. The van der Waals surface area contributed by atoms with Crippen molar-refractivity contribution < 1.29 is 27.5 Å². The van der Waals surface area contributed by atoms with E-state index in [1.807, 2.05) is 38.1 Å². The molecule has 2 aromatic carbocycles. The van der Waals surface area contributed by atoms with E-state index in [4.69, 9.17) is 9.47 Å². The first-order valence-corrected chi connectivity index (χ1v) is 13.8. The summed E-state index contributed by atoms with van der Waals surface area (Å²) in [6.07, 6.45) is 0.761. The molecule has 1 heterocycles. The number of fused-ring (bicyclic) bond motifs is 1.